The van der Waals surface area contributed by atoms with E-state index in [1.165, 1.54) is 11.6 Å². The second kappa shape index (κ2) is 8.68. The van der Waals surface area contributed by atoms with Gasteiger partial charge >= 0.3 is 5.69 Å². The lowest BCUT2D eigenvalue weighted by Crippen LogP contribution is -2.41. The molecule has 0 saturated carbocycles. The Bertz CT molecular complexity index is 982. The van der Waals surface area contributed by atoms with Gasteiger partial charge in [-0.3, -0.25) is 33.6 Å². The smallest absolute Gasteiger partial charge is 0.330 e. The molecule has 0 spiro atoms. The van der Waals surface area contributed by atoms with Crippen LogP contribution in [0.15, 0.2) is 21.7 Å². The SMILES string of the molecule is CCCCn1c(N)c(N(C)C(=O)CCN2C(=O)C3CC=CCC3C2=O)c(=O)[nH]c1=O. The van der Waals surface area contributed by atoms with Gasteiger partial charge in [0.05, 0.1) is 11.8 Å². The highest BCUT2D eigenvalue weighted by atomic mass is 16.2. The minimum atomic E-state index is -0.758. The number of nitrogen functional groups attached to an aromatic ring is 1. The van der Waals surface area contributed by atoms with Crippen LogP contribution in [-0.4, -0.2) is 45.8 Å². The first kappa shape index (κ1) is 21.5. The van der Waals surface area contributed by atoms with Crippen LogP contribution in [0.25, 0.3) is 0 Å². The Kier molecular flexibility index (Phi) is 6.23. The third-order valence-electron chi connectivity index (χ3n) is 5.81. The molecule has 1 fully saturated rings. The summed E-state index contributed by atoms with van der Waals surface area (Å²) in [6, 6.07) is 0. The summed E-state index contributed by atoms with van der Waals surface area (Å²) in [7, 11) is 1.38. The van der Waals surface area contributed by atoms with E-state index in [9.17, 15) is 24.0 Å². The number of H-pyrrole nitrogens is 1. The molecule has 0 aromatic carbocycles. The standard InChI is InChI=1S/C20H27N5O5/c1-3-4-10-24-16(21)15(17(27)22-20(24)30)23(2)14(26)9-11-25-18(28)12-7-5-6-8-13(12)19(25)29/h5-6,12-13H,3-4,7-11,21H2,1-2H3,(H,22,27,30). The number of nitrogens with one attached hydrogen (secondary N) is 1. The van der Waals surface area contributed by atoms with Crippen LogP contribution in [0.5, 0.6) is 0 Å². The summed E-state index contributed by atoms with van der Waals surface area (Å²) >= 11 is 0. The van der Waals surface area contributed by atoms with Gasteiger partial charge in [0.1, 0.15) is 5.82 Å². The normalized spacial score (nSPS) is 20.5. The first-order valence-corrected chi connectivity index (χ1v) is 10.2. The zero-order valence-electron chi connectivity index (χ0n) is 17.2. The van der Waals surface area contributed by atoms with Crippen LogP contribution in [0.2, 0.25) is 0 Å². The van der Waals surface area contributed by atoms with E-state index in [2.05, 4.69) is 4.98 Å². The van der Waals surface area contributed by atoms with Crippen LogP contribution < -0.4 is 21.9 Å². The number of carbonyl (C=O) groups excluding carboxylic acids is 3. The topological polar surface area (TPSA) is 139 Å². The molecular weight excluding hydrogens is 390 g/mol. The largest absolute Gasteiger partial charge is 0.383 e. The van der Waals surface area contributed by atoms with E-state index >= 15 is 0 Å². The van der Waals surface area contributed by atoms with Gasteiger partial charge in [0.25, 0.3) is 5.56 Å². The number of aromatic amines is 1. The highest BCUT2D eigenvalue weighted by Gasteiger charge is 2.47. The maximum Gasteiger partial charge on any atom is 0.330 e. The highest BCUT2D eigenvalue weighted by Crippen LogP contribution is 2.35. The number of nitrogens with two attached hydrogens (primary N) is 1. The summed E-state index contributed by atoms with van der Waals surface area (Å²) in [5, 5.41) is 0. The van der Waals surface area contributed by atoms with Crippen LogP contribution in [-0.2, 0) is 20.9 Å². The zero-order valence-corrected chi connectivity index (χ0v) is 17.2. The maximum atomic E-state index is 12.7. The molecular formula is C20H27N5O5. The summed E-state index contributed by atoms with van der Waals surface area (Å²) in [4.78, 5) is 66.5. The van der Waals surface area contributed by atoms with E-state index in [1.54, 1.807) is 0 Å². The second-order valence-electron chi connectivity index (χ2n) is 7.68. The van der Waals surface area contributed by atoms with Crippen molar-refractivity contribution in [1.82, 2.24) is 14.5 Å². The predicted octanol–water partition coefficient (Wildman–Crippen LogP) is 0.223. The van der Waals surface area contributed by atoms with Crippen LogP contribution in [0.3, 0.4) is 0 Å². The van der Waals surface area contributed by atoms with Crippen molar-refractivity contribution in [2.45, 2.75) is 45.6 Å². The Morgan fingerprint density at radius 3 is 2.30 bits per heavy atom. The Hall–Kier alpha value is -3.17. The van der Waals surface area contributed by atoms with Crippen molar-refractivity contribution in [1.29, 1.82) is 0 Å². The quantitative estimate of drug-likeness (QED) is 0.481. The molecule has 10 heteroatoms. The zero-order chi connectivity index (χ0) is 22.0. The number of hydrogen-bond acceptors (Lipinski definition) is 6. The fraction of sp³-hybridized carbons (Fsp3) is 0.550. The first-order chi connectivity index (χ1) is 14.3. The van der Waals surface area contributed by atoms with Gasteiger partial charge in [-0.15, -0.1) is 0 Å². The molecule has 3 rings (SSSR count). The molecule has 30 heavy (non-hydrogen) atoms. The number of fused-ring (bicyclic) bond motifs is 1. The van der Waals surface area contributed by atoms with E-state index in [-0.39, 0.29) is 48.1 Å². The number of imide groups is 1. The average Bonchev–Trinajstić information content (AvgIpc) is 2.96. The number of anilines is 2. The molecule has 1 aliphatic heterocycles. The molecule has 2 atom stereocenters. The number of hydrogen-bond donors (Lipinski definition) is 2. The molecule has 1 saturated heterocycles. The number of allylic oxidation sites excluding steroid dienone is 2. The fourth-order valence-corrected chi connectivity index (χ4v) is 4.03. The van der Waals surface area contributed by atoms with Crippen LogP contribution in [0, 0.1) is 11.8 Å². The molecule has 1 aromatic heterocycles. The van der Waals surface area contributed by atoms with Gasteiger partial charge in [0, 0.05) is 26.6 Å². The van der Waals surface area contributed by atoms with Crippen LogP contribution >= 0.6 is 0 Å². The number of amides is 3. The molecule has 0 bridgehead atoms. The summed E-state index contributed by atoms with van der Waals surface area (Å²) in [6.07, 6.45) is 6.23. The molecule has 10 nitrogen and oxygen atoms in total. The van der Waals surface area contributed by atoms with Crippen LogP contribution in [0.4, 0.5) is 11.5 Å². The van der Waals surface area contributed by atoms with Crippen LogP contribution in [0.1, 0.15) is 39.0 Å². The van der Waals surface area contributed by atoms with Crippen molar-refractivity contribution < 1.29 is 14.4 Å². The summed E-state index contributed by atoms with van der Waals surface area (Å²) in [6.45, 7) is 2.22. The van der Waals surface area contributed by atoms with Crippen molar-refractivity contribution >= 4 is 29.2 Å². The number of nitrogens with zero attached hydrogens (tertiary/aromatic N) is 3. The molecule has 3 N–H and O–H groups in total. The third-order valence-corrected chi connectivity index (χ3v) is 5.81. The third kappa shape index (κ3) is 3.81. The van der Waals surface area contributed by atoms with Crippen molar-refractivity contribution in [2.75, 3.05) is 24.2 Å². The van der Waals surface area contributed by atoms with E-state index < -0.39 is 17.2 Å². The molecule has 3 amide bonds. The first-order valence-electron chi connectivity index (χ1n) is 10.2. The van der Waals surface area contributed by atoms with E-state index in [0.29, 0.717) is 25.8 Å². The summed E-state index contributed by atoms with van der Waals surface area (Å²) in [5.41, 5.74) is 4.53. The molecule has 1 aliphatic carbocycles. The Morgan fingerprint density at radius 1 is 1.13 bits per heavy atom. The predicted molar refractivity (Wildman–Crippen MR) is 111 cm³/mol. The fourth-order valence-electron chi connectivity index (χ4n) is 4.03. The number of rotatable bonds is 7. The van der Waals surface area contributed by atoms with Crippen molar-refractivity contribution in [3.63, 3.8) is 0 Å². The lowest BCUT2D eigenvalue weighted by atomic mass is 9.85. The van der Waals surface area contributed by atoms with Gasteiger partial charge < -0.3 is 10.6 Å². The van der Waals surface area contributed by atoms with Gasteiger partial charge in [-0.1, -0.05) is 25.5 Å². The van der Waals surface area contributed by atoms with Crippen molar-refractivity contribution in [3.8, 4) is 0 Å². The number of likely N-dealkylation sites (tertiary alicyclic amines) is 1. The molecule has 2 heterocycles. The Morgan fingerprint density at radius 2 is 1.73 bits per heavy atom. The maximum absolute atomic E-state index is 12.7. The lowest BCUT2D eigenvalue weighted by Gasteiger charge is -2.21. The van der Waals surface area contributed by atoms with Crippen molar-refractivity contribution in [3.05, 3.63) is 33.0 Å². The Labute approximate surface area is 173 Å². The number of aromatic nitrogens is 2. The van der Waals surface area contributed by atoms with E-state index in [1.807, 2.05) is 19.1 Å². The number of carbonyl (C=O) groups is 3. The minimum Gasteiger partial charge on any atom is -0.383 e. The Balaban J connectivity index is 1.74. The van der Waals surface area contributed by atoms with E-state index in [0.717, 1.165) is 16.2 Å². The molecule has 0 radical (unpaired) electrons. The number of unbranched alkanes of at least 4 members (excludes halogenated alkanes) is 1. The minimum absolute atomic E-state index is 0.0544. The lowest BCUT2D eigenvalue weighted by molar-refractivity contribution is -0.140. The van der Waals surface area contributed by atoms with Crippen molar-refractivity contribution in [2.24, 2.45) is 11.8 Å². The van der Waals surface area contributed by atoms with Gasteiger partial charge in [-0.05, 0) is 19.3 Å². The second-order valence-corrected chi connectivity index (χ2v) is 7.68. The van der Waals surface area contributed by atoms with Gasteiger partial charge in [-0.2, -0.15) is 0 Å². The van der Waals surface area contributed by atoms with Gasteiger partial charge in [-0.25, -0.2) is 4.79 Å². The monoisotopic (exact) mass is 417 g/mol. The average molecular weight is 417 g/mol. The summed E-state index contributed by atoms with van der Waals surface area (Å²) in [5.74, 6) is -1.78. The molecule has 162 valence electrons. The molecule has 1 aromatic rings. The molecule has 2 unspecified atom stereocenters. The summed E-state index contributed by atoms with van der Waals surface area (Å²) < 4.78 is 1.23. The van der Waals surface area contributed by atoms with E-state index in [4.69, 9.17) is 5.73 Å². The van der Waals surface area contributed by atoms with Gasteiger partial charge in [0.2, 0.25) is 17.7 Å². The van der Waals surface area contributed by atoms with Gasteiger partial charge in [0.15, 0.2) is 5.69 Å². The highest BCUT2D eigenvalue weighted by molar-refractivity contribution is 6.06. The molecule has 2 aliphatic rings.